The zero-order valence-electron chi connectivity index (χ0n) is 9.34. The van der Waals surface area contributed by atoms with Gasteiger partial charge in [-0.15, -0.1) is 11.6 Å². The molecule has 2 aromatic rings. The van der Waals surface area contributed by atoms with Crippen molar-refractivity contribution in [3.05, 3.63) is 36.2 Å². The minimum absolute atomic E-state index is 0.174. The Bertz CT molecular complexity index is 502. The highest BCUT2D eigenvalue weighted by Gasteiger charge is 2.09. The second kappa shape index (κ2) is 4.97. The quantitative estimate of drug-likeness (QED) is 0.843. The first kappa shape index (κ1) is 11.6. The number of nitrogens with two attached hydrogens (primary N) is 1. The van der Waals surface area contributed by atoms with E-state index in [1.807, 2.05) is 42.3 Å². The van der Waals surface area contributed by atoms with Crippen molar-refractivity contribution >= 4 is 29.2 Å². The van der Waals surface area contributed by atoms with Gasteiger partial charge in [-0.2, -0.15) is 15.0 Å². The van der Waals surface area contributed by atoms with Crippen molar-refractivity contribution in [2.24, 2.45) is 0 Å². The zero-order valence-corrected chi connectivity index (χ0v) is 10.1. The minimum atomic E-state index is 0.174. The molecule has 0 fully saturated rings. The standard InChI is InChI=1S/C11H12ClN5/c1-17(8-5-3-2-4-6-8)11-15-9(7-12)14-10(13)16-11/h2-6H,7H2,1H3,(H2,13,14,15,16). The van der Waals surface area contributed by atoms with Gasteiger partial charge in [-0.25, -0.2) is 0 Å². The molecule has 0 aliphatic rings. The number of alkyl halides is 1. The molecule has 0 saturated heterocycles. The lowest BCUT2D eigenvalue weighted by Gasteiger charge is -2.17. The lowest BCUT2D eigenvalue weighted by Crippen LogP contribution is -2.15. The van der Waals surface area contributed by atoms with Crippen LogP contribution in [0.1, 0.15) is 5.82 Å². The van der Waals surface area contributed by atoms with Gasteiger partial charge in [0.15, 0.2) is 5.82 Å². The third kappa shape index (κ3) is 2.62. The number of nitrogen functional groups attached to an aromatic ring is 1. The molecule has 0 bridgehead atoms. The summed E-state index contributed by atoms with van der Waals surface area (Å²) >= 11 is 5.69. The first-order valence-electron chi connectivity index (χ1n) is 5.06. The van der Waals surface area contributed by atoms with E-state index in [-0.39, 0.29) is 11.8 Å². The molecular formula is C11H12ClN5. The fourth-order valence-corrected chi connectivity index (χ4v) is 1.52. The van der Waals surface area contributed by atoms with Gasteiger partial charge in [-0.1, -0.05) is 18.2 Å². The summed E-state index contributed by atoms with van der Waals surface area (Å²) in [6.07, 6.45) is 0. The van der Waals surface area contributed by atoms with Gasteiger partial charge in [0.2, 0.25) is 11.9 Å². The summed E-state index contributed by atoms with van der Waals surface area (Å²) in [6.45, 7) is 0. The summed E-state index contributed by atoms with van der Waals surface area (Å²) in [5.41, 5.74) is 6.57. The van der Waals surface area contributed by atoms with Crippen molar-refractivity contribution in [3.8, 4) is 0 Å². The Hall–Kier alpha value is -1.88. The number of rotatable bonds is 3. The third-order valence-electron chi connectivity index (χ3n) is 2.25. The lowest BCUT2D eigenvalue weighted by molar-refractivity contribution is 0.937. The highest BCUT2D eigenvalue weighted by Crippen LogP contribution is 2.19. The van der Waals surface area contributed by atoms with Crippen molar-refractivity contribution < 1.29 is 0 Å². The van der Waals surface area contributed by atoms with Crippen molar-refractivity contribution in [2.45, 2.75) is 5.88 Å². The van der Waals surface area contributed by atoms with E-state index < -0.39 is 0 Å². The Morgan fingerprint density at radius 3 is 2.53 bits per heavy atom. The molecular weight excluding hydrogens is 238 g/mol. The highest BCUT2D eigenvalue weighted by atomic mass is 35.5. The molecule has 17 heavy (non-hydrogen) atoms. The Balaban J connectivity index is 2.37. The van der Waals surface area contributed by atoms with Gasteiger partial charge in [0.05, 0.1) is 5.88 Å². The summed E-state index contributed by atoms with van der Waals surface area (Å²) in [6, 6.07) is 9.75. The van der Waals surface area contributed by atoms with E-state index in [1.165, 1.54) is 0 Å². The van der Waals surface area contributed by atoms with Crippen LogP contribution in [-0.4, -0.2) is 22.0 Å². The Morgan fingerprint density at radius 2 is 1.88 bits per heavy atom. The smallest absolute Gasteiger partial charge is 0.234 e. The molecule has 0 saturated carbocycles. The topological polar surface area (TPSA) is 67.9 Å². The second-order valence-corrected chi connectivity index (χ2v) is 3.71. The molecule has 0 atom stereocenters. The van der Waals surface area contributed by atoms with E-state index in [9.17, 15) is 0 Å². The van der Waals surface area contributed by atoms with E-state index in [0.29, 0.717) is 11.8 Å². The second-order valence-electron chi connectivity index (χ2n) is 3.44. The number of aromatic nitrogens is 3. The van der Waals surface area contributed by atoms with Gasteiger partial charge in [-0.3, -0.25) is 0 Å². The van der Waals surface area contributed by atoms with Crippen LogP contribution in [-0.2, 0) is 5.88 Å². The number of nitrogens with zero attached hydrogens (tertiary/aromatic N) is 4. The number of benzene rings is 1. The molecule has 1 heterocycles. The Kier molecular flexibility index (Phi) is 3.39. The summed E-state index contributed by atoms with van der Waals surface area (Å²) < 4.78 is 0. The minimum Gasteiger partial charge on any atom is -0.368 e. The maximum atomic E-state index is 5.69. The molecule has 88 valence electrons. The molecule has 0 aliphatic carbocycles. The SMILES string of the molecule is CN(c1ccccc1)c1nc(N)nc(CCl)n1. The van der Waals surface area contributed by atoms with Gasteiger partial charge in [0.25, 0.3) is 0 Å². The van der Waals surface area contributed by atoms with Crippen molar-refractivity contribution in [1.82, 2.24) is 15.0 Å². The third-order valence-corrected chi connectivity index (χ3v) is 2.49. The molecule has 2 rings (SSSR count). The van der Waals surface area contributed by atoms with Crippen molar-refractivity contribution in [2.75, 3.05) is 17.7 Å². The molecule has 2 N–H and O–H groups in total. The van der Waals surface area contributed by atoms with E-state index in [4.69, 9.17) is 17.3 Å². The van der Waals surface area contributed by atoms with Gasteiger partial charge in [0, 0.05) is 12.7 Å². The number of anilines is 3. The molecule has 0 radical (unpaired) electrons. The number of para-hydroxylation sites is 1. The highest BCUT2D eigenvalue weighted by molar-refractivity contribution is 6.16. The molecule has 0 unspecified atom stereocenters. The largest absolute Gasteiger partial charge is 0.368 e. The lowest BCUT2D eigenvalue weighted by atomic mass is 10.3. The summed E-state index contributed by atoms with van der Waals surface area (Å²) in [5.74, 6) is 1.34. The normalized spacial score (nSPS) is 10.2. The average molecular weight is 250 g/mol. The first-order chi connectivity index (χ1) is 8.20. The molecule has 0 aliphatic heterocycles. The van der Waals surface area contributed by atoms with Crippen LogP contribution >= 0.6 is 11.6 Å². The van der Waals surface area contributed by atoms with Gasteiger partial charge >= 0.3 is 0 Å². The van der Waals surface area contributed by atoms with Crippen LogP contribution in [0.4, 0.5) is 17.6 Å². The number of hydrogen-bond acceptors (Lipinski definition) is 5. The predicted octanol–water partition coefficient (Wildman–Crippen LogP) is 1.96. The van der Waals surface area contributed by atoms with Gasteiger partial charge in [0.1, 0.15) is 0 Å². The fraction of sp³-hybridized carbons (Fsp3) is 0.182. The summed E-state index contributed by atoms with van der Waals surface area (Å²) in [4.78, 5) is 14.1. The van der Waals surface area contributed by atoms with Crippen LogP contribution < -0.4 is 10.6 Å². The summed E-state index contributed by atoms with van der Waals surface area (Å²) in [5, 5.41) is 0. The van der Waals surface area contributed by atoms with Crippen molar-refractivity contribution in [3.63, 3.8) is 0 Å². The van der Waals surface area contributed by atoms with Crippen LogP contribution in [0.5, 0.6) is 0 Å². The summed E-state index contributed by atoms with van der Waals surface area (Å²) in [7, 11) is 1.86. The van der Waals surface area contributed by atoms with Crippen molar-refractivity contribution in [1.29, 1.82) is 0 Å². The van der Waals surface area contributed by atoms with Crippen LogP contribution in [0, 0.1) is 0 Å². The zero-order chi connectivity index (χ0) is 12.3. The molecule has 1 aromatic carbocycles. The maximum Gasteiger partial charge on any atom is 0.234 e. The molecule has 1 aromatic heterocycles. The van der Waals surface area contributed by atoms with Crippen LogP contribution in [0.3, 0.4) is 0 Å². The van der Waals surface area contributed by atoms with Gasteiger partial charge in [-0.05, 0) is 12.1 Å². The Morgan fingerprint density at radius 1 is 1.18 bits per heavy atom. The molecule has 5 nitrogen and oxygen atoms in total. The number of halogens is 1. The monoisotopic (exact) mass is 249 g/mol. The number of hydrogen-bond donors (Lipinski definition) is 1. The van der Waals surface area contributed by atoms with E-state index >= 15 is 0 Å². The first-order valence-corrected chi connectivity index (χ1v) is 5.59. The fourth-order valence-electron chi connectivity index (χ4n) is 1.40. The van der Waals surface area contributed by atoms with Gasteiger partial charge < -0.3 is 10.6 Å². The average Bonchev–Trinajstić information content (AvgIpc) is 2.38. The van der Waals surface area contributed by atoms with E-state index in [2.05, 4.69) is 15.0 Å². The maximum absolute atomic E-state index is 5.69. The van der Waals surface area contributed by atoms with E-state index in [1.54, 1.807) is 0 Å². The molecule has 0 amide bonds. The molecule has 6 heteroatoms. The predicted molar refractivity (Wildman–Crippen MR) is 68.3 cm³/mol. The molecule has 0 spiro atoms. The van der Waals surface area contributed by atoms with E-state index in [0.717, 1.165) is 5.69 Å². The van der Waals surface area contributed by atoms with Crippen LogP contribution in [0.2, 0.25) is 0 Å². The van der Waals surface area contributed by atoms with Crippen LogP contribution in [0.15, 0.2) is 30.3 Å². The Labute approximate surface area is 104 Å². The van der Waals surface area contributed by atoms with Crippen LogP contribution in [0.25, 0.3) is 0 Å².